The van der Waals surface area contributed by atoms with Crippen LogP contribution in [0.3, 0.4) is 0 Å². The van der Waals surface area contributed by atoms with E-state index in [1.165, 1.54) is 23.5 Å². The minimum Gasteiger partial charge on any atom is -0.245 e. The SMILES string of the molecule is CC(C)(C)c1csc(Cc2cc(F)cc(F)c2)n1. The van der Waals surface area contributed by atoms with Gasteiger partial charge in [0.25, 0.3) is 0 Å². The molecule has 0 saturated heterocycles. The van der Waals surface area contributed by atoms with Crippen molar-refractivity contribution in [3.63, 3.8) is 0 Å². The number of nitrogens with zero attached hydrogens (tertiary/aromatic N) is 1. The maximum Gasteiger partial charge on any atom is 0.126 e. The van der Waals surface area contributed by atoms with Gasteiger partial charge in [-0.25, -0.2) is 13.8 Å². The Kier molecular flexibility index (Phi) is 3.48. The molecule has 0 aliphatic rings. The summed E-state index contributed by atoms with van der Waals surface area (Å²) in [5.41, 5.74) is 1.63. The summed E-state index contributed by atoms with van der Waals surface area (Å²) in [6, 6.07) is 3.58. The van der Waals surface area contributed by atoms with Crippen molar-refractivity contribution in [2.75, 3.05) is 0 Å². The minimum atomic E-state index is -0.544. The van der Waals surface area contributed by atoms with Crippen LogP contribution in [0.25, 0.3) is 0 Å². The van der Waals surface area contributed by atoms with Gasteiger partial charge < -0.3 is 0 Å². The summed E-state index contributed by atoms with van der Waals surface area (Å²) in [7, 11) is 0. The van der Waals surface area contributed by atoms with Crippen LogP contribution >= 0.6 is 11.3 Å². The van der Waals surface area contributed by atoms with E-state index in [2.05, 4.69) is 25.8 Å². The van der Waals surface area contributed by atoms with Crippen molar-refractivity contribution in [2.24, 2.45) is 0 Å². The van der Waals surface area contributed by atoms with Crippen molar-refractivity contribution in [2.45, 2.75) is 32.6 Å². The van der Waals surface area contributed by atoms with Gasteiger partial charge in [-0.2, -0.15) is 0 Å². The zero-order valence-corrected chi connectivity index (χ0v) is 11.4. The van der Waals surface area contributed by atoms with E-state index in [0.717, 1.165) is 16.8 Å². The summed E-state index contributed by atoms with van der Waals surface area (Å²) in [4.78, 5) is 4.51. The van der Waals surface area contributed by atoms with E-state index in [-0.39, 0.29) is 5.41 Å². The van der Waals surface area contributed by atoms with Gasteiger partial charge in [0.1, 0.15) is 11.6 Å². The van der Waals surface area contributed by atoms with Crippen molar-refractivity contribution in [1.29, 1.82) is 0 Å². The van der Waals surface area contributed by atoms with Gasteiger partial charge in [-0.1, -0.05) is 20.8 Å². The summed E-state index contributed by atoms with van der Waals surface area (Å²) in [5, 5.41) is 2.88. The van der Waals surface area contributed by atoms with Crippen molar-refractivity contribution in [3.8, 4) is 0 Å². The van der Waals surface area contributed by atoms with Crippen LogP contribution in [0.5, 0.6) is 0 Å². The second-order valence-electron chi connectivity index (χ2n) is 5.33. The van der Waals surface area contributed by atoms with Crippen LogP contribution in [0.2, 0.25) is 0 Å². The summed E-state index contributed by atoms with van der Waals surface area (Å²) in [6.45, 7) is 6.27. The Morgan fingerprint density at radius 1 is 1.11 bits per heavy atom. The number of thiazole rings is 1. The van der Waals surface area contributed by atoms with E-state index in [1.807, 2.05) is 5.38 Å². The quantitative estimate of drug-likeness (QED) is 0.790. The average molecular weight is 267 g/mol. The molecule has 0 N–H and O–H groups in total. The molecule has 1 heterocycles. The van der Waals surface area contributed by atoms with E-state index in [4.69, 9.17) is 0 Å². The fourth-order valence-corrected chi connectivity index (χ4v) is 2.68. The molecule has 0 amide bonds. The van der Waals surface area contributed by atoms with E-state index >= 15 is 0 Å². The molecule has 96 valence electrons. The first kappa shape index (κ1) is 13.1. The van der Waals surface area contributed by atoms with Crippen LogP contribution in [0.4, 0.5) is 8.78 Å². The van der Waals surface area contributed by atoms with E-state index < -0.39 is 11.6 Å². The Morgan fingerprint density at radius 3 is 2.22 bits per heavy atom. The normalized spacial score (nSPS) is 11.8. The second kappa shape index (κ2) is 4.76. The molecule has 1 aromatic heterocycles. The van der Waals surface area contributed by atoms with Crippen LogP contribution < -0.4 is 0 Å². The average Bonchev–Trinajstić information content (AvgIpc) is 2.63. The third-order valence-corrected chi connectivity index (χ3v) is 3.45. The van der Waals surface area contributed by atoms with Gasteiger partial charge in [0.2, 0.25) is 0 Å². The third kappa shape index (κ3) is 3.13. The van der Waals surface area contributed by atoms with Gasteiger partial charge in [-0.3, -0.25) is 0 Å². The summed E-state index contributed by atoms with van der Waals surface area (Å²) >= 11 is 1.53. The summed E-state index contributed by atoms with van der Waals surface area (Å²) in [6.07, 6.45) is 0.468. The Labute approximate surface area is 110 Å². The molecule has 0 aliphatic carbocycles. The van der Waals surface area contributed by atoms with Gasteiger partial charge in [0.15, 0.2) is 0 Å². The van der Waals surface area contributed by atoms with Gasteiger partial charge in [-0.05, 0) is 17.7 Å². The molecule has 0 spiro atoms. The maximum absolute atomic E-state index is 13.1. The molecule has 0 fully saturated rings. The summed E-state index contributed by atoms with van der Waals surface area (Å²) in [5.74, 6) is -1.09. The van der Waals surface area contributed by atoms with Gasteiger partial charge in [0, 0.05) is 23.3 Å². The third-order valence-electron chi connectivity index (χ3n) is 2.60. The lowest BCUT2D eigenvalue weighted by atomic mass is 9.93. The Morgan fingerprint density at radius 2 is 1.72 bits per heavy atom. The number of hydrogen-bond acceptors (Lipinski definition) is 2. The van der Waals surface area contributed by atoms with Crippen LogP contribution in [0, 0.1) is 11.6 Å². The largest absolute Gasteiger partial charge is 0.245 e. The molecule has 18 heavy (non-hydrogen) atoms. The van der Waals surface area contributed by atoms with Gasteiger partial charge in [-0.15, -0.1) is 11.3 Å². The van der Waals surface area contributed by atoms with Crippen LogP contribution in [-0.4, -0.2) is 4.98 Å². The first-order chi connectivity index (χ1) is 8.34. The van der Waals surface area contributed by atoms with Crippen molar-refractivity contribution in [1.82, 2.24) is 4.98 Å². The highest BCUT2D eigenvalue weighted by Gasteiger charge is 2.17. The molecule has 1 nitrogen and oxygen atoms in total. The molecular formula is C14H15F2NS. The lowest BCUT2D eigenvalue weighted by molar-refractivity contribution is 0.570. The first-order valence-corrected chi connectivity index (χ1v) is 6.62. The number of aromatic nitrogens is 1. The molecule has 0 radical (unpaired) electrons. The molecule has 0 bridgehead atoms. The highest BCUT2D eigenvalue weighted by molar-refractivity contribution is 7.09. The Hall–Kier alpha value is -1.29. The van der Waals surface area contributed by atoms with Gasteiger partial charge >= 0.3 is 0 Å². The predicted octanol–water partition coefficient (Wildman–Crippen LogP) is 4.31. The monoisotopic (exact) mass is 267 g/mol. The highest BCUT2D eigenvalue weighted by Crippen LogP contribution is 2.25. The molecule has 2 aromatic rings. The molecule has 0 atom stereocenters. The standard InChI is InChI=1S/C14H15F2NS/c1-14(2,3)12-8-18-13(17-12)6-9-4-10(15)7-11(16)5-9/h4-5,7-8H,6H2,1-3H3. The van der Waals surface area contributed by atoms with E-state index in [9.17, 15) is 8.78 Å². The number of rotatable bonds is 2. The Bertz CT molecular complexity index is 535. The molecule has 0 aliphatic heterocycles. The molecular weight excluding hydrogens is 252 g/mol. The second-order valence-corrected chi connectivity index (χ2v) is 6.27. The van der Waals surface area contributed by atoms with E-state index in [1.54, 1.807) is 0 Å². The summed E-state index contributed by atoms with van der Waals surface area (Å²) < 4.78 is 26.1. The first-order valence-electron chi connectivity index (χ1n) is 5.74. The van der Waals surface area contributed by atoms with Crippen LogP contribution in [0.1, 0.15) is 37.0 Å². The fourth-order valence-electron chi connectivity index (χ4n) is 1.62. The van der Waals surface area contributed by atoms with Crippen molar-refractivity contribution in [3.05, 3.63) is 51.5 Å². The maximum atomic E-state index is 13.1. The topological polar surface area (TPSA) is 12.9 Å². The lowest BCUT2D eigenvalue weighted by Gasteiger charge is -2.14. The number of halogens is 2. The fraction of sp³-hybridized carbons (Fsp3) is 0.357. The molecule has 0 saturated carbocycles. The lowest BCUT2D eigenvalue weighted by Crippen LogP contribution is -2.11. The number of hydrogen-bond donors (Lipinski definition) is 0. The Balaban J connectivity index is 2.21. The highest BCUT2D eigenvalue weighted by atomic mass is 32.1. The molecule has 1 aromatic carbocycles. The van der Waals surface area contributed by atoms with Crippen molar-refractivity contribution < 1.29 is 8.78 Å². The van der Waals surface area contributed by atoms with Gasteiger partial charge in [0.05, 0.1) is 10.7 Å². The number of benzene rings is 1. The zero-order chi connectivity index (χ0) is 13.3. The zero-order valence-electron chi connectivity index (χ0n) is 10.6. The molecule has 0 unspecified atom stereocenters. The predicted molar refractivity (Wildman–Crippen MR) is 70.0 cm³/mol. The van der Waals surface area contributed by atoms with Crippen LogP contribution in [0.15, 0.2) is 23.6 Å². The molecule has 2 rings (SSSR count). The smallest absolute Gasteiger partial charge is 0.126 e. The van der Waals surface area contributed by atoms with Crippen LogP contribution in [-0.2, 0) is 11.8 Å². The van der Waals surface area contributed by atoms with E-state index in [0.29, 0.717) is 12.0 Å². The minimum absolute atomic E-state index is 0.00192. The molecule has 4 heteroatoms. The van der Waals surface area contributed by atoms with Crippen molar-refractivity contribution >= 4 is 11.3 Å².